The predicted molar refractivity (Wildman–Crippen MR) is 144 cm³/mol. The van der Waals surface area contributed by atoms with Crippen LogP contribution in [0.15, 0.2) is 79.9 Å². The van der Waals surface area contributed by atoms with Gasteiger partial charge in [-0.1, -0.05) is 54.6 Å². The number of rotatable bonds is 17. The molecule has 2 rings (SSSR count). The number of allylic oxidation sites excluding steroid dienone is 2. The lowest BCUT2D eigenvalue weighted by molar-refractivity contribution is -0.149. The first-order valence-corrected chi connectivity index (χ1v) is 12.7. The second-order valence-electron chi connectivity index (χ2n) is 9.08. The molecule has 0 heterocycles. The summed E-state index contributed by atoms with van der Waals surface area (Å²) in [6.45, 7) is 7.27. The number of aliphatic hydroxyl groups excluding tert-OH is 1. The van der Waals surface area contributed by atoms with Crippen LogP contribution in [0.1, 0.15) is 30.4 Å². The van der Waals surface area contributed by atoms with Crippen LogP contribution in [0, 0.1) is 17.7 Å². The molecule has 2 aromatic rings. The van der Waals surface area contributed by atoms with Crippen molar-refractivity contribution in [3.8, 4) is 0 Å². The molecule has 0 aliphatic carbocycles. The zero-order valence-electron chi connectivity index (χ0n) is 21.6. The van der Waals surface area contributed by atoms with E-state index in [1.165, 1.54) is 12.1 Å². The Morgan fingerprint density at radius 2 is 1.55 bits per heavy atom. The molecule has 0 bridgehead atoms. The molecule has 8 heteroatoms. The van der Waals surface area contributed by atoms with Crippen LogP contribution in [0.5, 0.6) is 0 Å². The highest BCUT2D eigenvalue weighted by Crippen LogP contribution is 2.17. The Morgan fingerprint density at radius 1 is 0.921 bits per heavy atom. The van der Waals surface area contributed by atoms with Crippen LogP contribution in [0.25, 0.3) is 0 Å². The standard InChI is InChI=1S/C30H37FN2O5/c1-3-8-24(20-28(35)32-16-17-34)29(36)33-27(19-22-10-6-5-7-11-22)21-38-30(37)25(9-4-2)18-23-12-14-26(31)15-13-23/h3-7,10-15,24-25,27,34H,1-2,8-9,16-21H2,(H,32,35)(H,33,36)/t24-,25+,27+/m1/s1. The Hall–Kier alpha value is -3.78. The average Bonchev–Trinajstić information content (AvgIpc) is 2.91. The molecular formula is C30H37FN2O5. The van der Waals surface area contributed by atoms with Gasteiger partial charge in [-0.2, -0.15) is 0 Å². The summed E-state index contributed by atoms with van der Waals surface area (Å²) in [5, 5.41) is 14.4. The first-order valence-electron chi connectivity index (χ1n) is 12.7. The third-order valence-corrected chi connectivity index (χ3v) is 5.97. The fourth-order valence-electron chi connectivity index (χ4n) is 4.01. The Bertz CT molecular complexity index is 1040. The number of hydrogen-bond donors (Lipinski definition) is 3. The number of carbonyl (C=O) groups excluding carboxylic acids is 3. The molecule has 0 unspecified atom stereocenters. The lowest BCUT2D eigenvalue weighted by Gasteiger charge is -2.23. The monoisotopic (exact) mass is 524 g/mol. The Kier molecular flexibility index (Phi) is 13.5. The number of ether oxygens (including phenoxy) is 1. The highest BCUT2D eigenvalue weighted by molar-refractivity contribution is 5.86. The molecule has 0 saturated heterocycles. The van der Waals surface area contributed by atoms with Crippen molar-refractivity contribution in [3.05, 3.63) is 96.9 Å². The number of nitrogens with one attached hydrogen (secondary N) is 2. The number of aliphatic hydroxyl groups is 1. The van der Waals surface area contributed by atoms with Gasteiger partial charge in [0, 0.05) is 13.0 Å². The molecule has 0 fully saturated rings. The molecule has 0 aromatic heterocycles. The van der Waals surface area contributed by atoms with Crippen molar-refractivity contribution in [3.63, 3.8) is 0 Å². The largest absolute Gasteiger partial charge is 0.463 e. The van der Waals surface area contributed by atoms with Gasteiger partial charge in [-0.05, 0) is 48.9 Å². The predicted octanol–water partition coefficient (Wildman–Crippen LogP) is 3.52. The molecule has 7 nitrogen and oxygen atoms in total. The van der Waals surface area contributed by atoms with E-state index < -0.39 is 23.8 Å². The number of hydrogen-bond acceptors (Lipinski definition) is 5. The third-order valence-electron chi connectivity index (χ3n) is 5.97. The van der Waals surface area contributed by atoms with Gasteiger partial charge < -0.3 is 20.5 Å². The SMILES string of the molecule is C=CC[C@H](CC(=O)NCCO)C(=O)N[C@H](COC(=O)[C@@H](CC=C)Cc1ccc(F)cc1)Cc1ccccc1. The Morgan fingerprint density at radius 3 is 2.18 bits per heavy atom. The molecule has 2 amide bonds. The fraction of sp³-hybridized carbons (Fsp3) is 0.367. The van der Waals surface area contributed by atoms with Crippen molar-refractivity contribution >= 4 is 17.8 Å². The topological polar surface area (TPSA) is 105 Å². The maximum absolute atomic E-state index is 13.3. The van der Waals surface area contributed by atoms with E-state index in [-0.39, 0.29) is 50.2 Å². The molecule has 0 saturated carbocycles. The maximum Gasteiger partial charge on any atom is 0.309 e. The normalized spacial score (nSPS) is 13.0. The molecule has 0 radical (unpaired) electrons. The third kappa shape index (κ3) is 11.1. The molecular weight excluding hydrogens is 487 g/mol. The van der Waals surface area contributed by atoms with Crippen molar-refractivity contribution in [2.75, 3.05) is 19.8 Å². The van der Waals surface area contributed by atoms with Crippen molar-refractivity contribution in [1.29, 1.82) is 0 Å². The van der Waals surface area contributed by atoms with Crippen molar-refractivity contribution in [1.82, 2.24) is 10.6 Å². The minimum absolute atomic E-state index is 0.0607. The number of benzene rings is 2. The smallest absolute Gasteiger partial charge is 0.309 e. The molecule has 204 valence electrons. The lowest BCUT2D eigenvalue weighted by atomic mass is 9.96. The van der Waals surface area contributed by atoms with Crippen LogP contribution in [-0.4, -0.2) is 48.7 Å². The molecule has 0 aliphatic heterocycles. The summed E-state index contributed by atoms with van der Waals surface area (Å²) in [6.07, 6.45) is 4.61. The van der Waals surface area contributed by atoms with Crippen LogP contribution in [0.3, 0.4) is 0 Å². The summed E-state index contributed by atoms with van der Waals surface area (Å²) in [5.41, 5.74) is 1.75. The van der Waals surface area contributed by atoms with Crippen molar-refractivity contribution in [2.45, 2.75) is 38.1 Å². The second-order valence-corrected chi connectivity index (χ2v) is 9.08. The Labute approximate surface area is 223 Å². The van der Waals surface area contributed by atoms with Crippen LogP contribution < -0.4 is 10.6 Å². The van der Waals surface area contributed by atoms with Gasteiger partial charge in [0.25, 0.3) is 0 Å². The maximum atomic E-state index is 13.3. The lowest BCUT2D eigenvalue weighted by Crippen LogP contribution is -2.44. The first kappa shape index (κ1) is 30.4. The van der Waals surface area contributed by atoms with Crippen LogP contribution >= 0.6 is 0 Å². The van der Waals surface area contributed by atoms with Crippen LogP contribution in [0.4, 0.5) is 4.39 Å². The van der Waals surface area contributed by atoms with Gasteiger partial charge in [-0.25, -0.2) is 4.39 Å². The zero-order chi connectivity index (χ0) is 27.8. The molecule has 3 N–H and O–H groups in total. The highest BCUT2D eigenvalue weighted by Gasteiger charge is 2.26. The fourth-order valence-corrected chi connectivity index (χ4v) is 4.01. The van der Waals surface area contributed by atoms with E-state index in [2.05, 4.69) is 23.8 Å². The summed E-state index contributed by atoms with van der Waals surface area (Å²) in [6, 6.07) is 14.9. The van der Waals surface area contributed by atoms with Gasteiger partial charge in [0.15, 0.2) is 0 Å². The van der Waals surface area contributed by atoms with Gasteiger partial charge in [0.1, 0.15) is 12.4 Å². The van der Waals surface area contributed by atoms with E-state index >= 15 is 0 Å². The van der Waals surface area contributed by atoms with Crippen LogP contribution in [-0.2, 0) is 32.0 Å². The molecule has 38 heavy (non-hydrogen) atoms. The minimum atomic E-state index is -0.660. The summed E-state index contributed by atoms with van der Waals surface area (Å²) in [4.78, 5) is 38.3. The van der Waals surface area contributed by atoms with Crippen LogP contribution in [0.2, 0.25) is 0 Å². The number of esters is 1. The quantitative estimate of drug-likeness (QED) is 0.217. The number of carbonyl (C=O) groups is 3. The van der Waals surface area contributed by atoms with E-state index in [0.717, 1.165) is 11.1 Å². The number of amides is 2. The molecule has 2 aromatic carbocycles. The summed E-state index contributed by atoms with van der Waals surface area (Å²) < 4.78 is 18.9. The van der Waals surface area contributed by atoms with Gasteiger partial charge >= 0.3 is 5.97 Å². The van der Waals surface area contributed by atoms with E-state index in [1.54, 1.807) is 24.3 Å². The van der Waals surface area contributed by atoms with E-state index in [9.17, 15) is 18.8 Å². The molecule has 3 atom stereocenters. The van der Waals surface area contributed by atoms with Crippen molar-refractivity contribution in [2.24, 2.45) is 11.8 Å². The highest BCUT2D eigenvalue weighted by atomic mass is 19.1. The molecule has 0 spiro atoms. The average molecular weight is 525 g/mol. The minimum Gasteiger partial charge on any atom is -0.463 e. The summed E-state index contributed by atoms with van der Waals surface area (Å²) in [7, 11) is 0. The first-order chi connectivity index (χ1) is 18.4. The Balaban J connectivity index is 2.10. The van der Waals surface area contributed by atoms with Gasteiger partial charge in [-0.3, -0.25) is 14.4 Å². The summed E-state index contributed by atoms with van der Waals surface area (Å²) >= 11 is 0. The van der Waals surface area contributed by atoms with Gasteiger partial charge in [-0.15, -0.1) is 13.2 Å². The second kappa shape index (κ2) is 16.9. The molecule has 0 aliphatic rings. The van der Waals surface area contributed by atoms with E-state index in [4.69, 9.17) is 9.84 Å². The summed E-state index contributed by atoms with van der Waals surface area (Å²) in [5.74, 6) is -2.65. The van der Waals surface area contributed by atoms with Gasteiger partial charge in [0.2, 0.25) is 11.8 Å². The van der Waals surface area contributed by atoms with Gasteiger partial charge in [0.05, 0.1) is 24.5 Å². The zero-order valence-corrected chi connectivity index (χ0v) is 21.6. The number of halogens is 1. The van der Waals surface area contributed by atoms with E-state index in [0.29, 0.717) is 19.3 Å². The van der Waals surface area contributed by atoms with Crippen molar-refractivity contribution < 1.29 is 28.6 Å². The van der Waals surface area contributed by atoms with E-state index in [1.807, 2.05) is 30.3 Å².